The van der Waals surface area contributed by atoms with E-state index in [0.717, 1.165) is 16.7 Å². The van der Waals surface area contributed by atoms with Gasteiger partial charge < -0.3 is 16.8 Å². The molecule has 158 valence electrons. The number of hydrogen-bond donors (Lipinski definition) is 3. The summed E-state index contributed by atoms with van der Waals surface area (Å²) in [6, 6.07) is 12.7. The number of aromatic nitrogens is 3. The number of carbonyl (C=O) groups excluding carboxylic acids is 1. The third-order valence-electron chi connectivity index (χ3n) is 4.75. The number of amides is 1. The quantitative estimate of drug-likeness (QED) is 0.266. The number of rotatable bonds is 3. The highest BCUT2D eigenvalue weighted by atomic mass is 16.1. The van der Waals surface area contributed by atoms with Crippen molar-refractivity contribution in [2.45, 2.75) is 13.8 Å². The van der Waals surface area contributed by atoms with Crippen molar-refractivity contribution in [1.82, 2.24) is 14.4 Å². The van der Waals surface area contributed by atoms with Gasteiger partial charge in [0.2, 0.25) is 0 Å². The van der Waals surface area contributed by atoms with Gasteiger partial charge >= 0.3 is 0 Å². The maximum Gasteiger partial charge on any atom is 0.256 e. The van der Waals surface area contributed by atoms with Crippen LogP contribution in [0.4, 0.5) is 11.5 Å². The number of aryl methyl sites for hydroxylation is 2. The van der Waals surface area contributed by atoms with Crippen LogP contribution < -0.4 is 16.8 Å². The number of carbonyl (C=O) groups is 1. The van der Waals surface area contributed by atoms with Crippen LogP contribution in [0.3, 0.4) is 0 Å². The van der Waals surface area contributed by atoms with Crippen LogP contribution in [0.5, 0.6) is 0 Å². The van der Waals surface area contributed by atoms with Crippen LogP contribution in [-0.4, -0.2) is 26.2 Å². The molecule has 0 spiro atoms. The van der Waals surface area contributed by atoms with Crippen molar-refractivity contribution in [2.75, 3.05) is 5.32 Å². The SMILES string of the molecule is Cc1ccnc(NC(=O)c2ccc(C)c(C#Cc3cnc4c(N=C(N)N)cccn34)c2)c1. The summed E-state index contributed by atoms with van der Waals surface area (Å²) in [6.45, 7) is 3.89. The highest BCUT2D eigenvalue weighted by Crippen LogP contribution is 2.20. The molecule has 0 unspecified atom stereocenters. The lowest BCUT2D eigenvalue weighted by molar-refractivity contribution is 0.102. The Labute approximate surface area is 185 Å². The van der Waals surface area contributed by atoms with Crippen LogP contribution in [0, 0.1) is 25.7 Å². The van der Waals surface area contributed by atoms with Crippen molar-refractivity contribution in [3.05, 3.63) is 89.0 Å². The zero-order chi connectivity index (χ0) is 22.7. The molecule has 0 fully saturated rings. The van der Waals surface area contributed by atoms with E-state index >= 15 is 0 Å². The Morgan fingerprint density at radius 3 is 2.72 bits per heavy atom. The fraction of sp³-hybridized carbons (Fsp3) is 0.0833. The van der Waals surface area contributed by atoms with E-state index in [1.807, 2.05) is 48.7 Å². The molecular weight excluding hydrogens is 402 g/mol. The third kappa shape index (κ3) is 4.42. The van der Waals surface area contributed by atoms with Crippen LogP contribution in [0.1, 0.15) is 32.7 Å². The van der Waals surface area contributed by atoms with E-state index in [0.29, 0.717) is 28.4 Å². The molecule has 0 bridgehead atoms. The number of pyridine rings is 2. The second-order valence-electron chi connectivity index (χ2n) is 7.22. The number of imidazole rings is 1. The standard InChI is InChI=1S/C24H21N7O/c1-15-9-10-27-21(12-15)30-23(32)18-6-5-16(2)17(13-18)7-8-19-14-28-22-20(29-24(25)26)4-3-11-31(19)22/h3-6,9-14H,1-2H3,(H4,25,26,29)(H,27,30,32). The number of fused-ring (bicyclic) bond motifs is 1. The number of anilines is 1. The average Bonchev–Trinajstić information content (AvgIpc) is 3.17. The van der Waals surface area contributed by atoms with Gasteiger partial charge in [-0.25, -0.2) is 15.0 Å². The molecule has 0 saturated heterocycles. The maximum atomic E-state index is 12.7. The fourth-order valence-electron chi connectivity index (χ4n) is 3.14. The molecule has 8 heteroatoms. The molecule has 4 rings (SSSR count). The third-order valence-corrected chi connectivity index (χ3v) is 4.75. The van der Waals surface area contributed by atoms with Crippen LogP contribution in [-0.2, 0) is 0 Å². The van der Waals surface area contributed by atoms with Gasteiger partial charge in [0.15, 0.2) is 11.6 Å². The Balaban J connectivity index is 1.64. The molecule has 1 amide bonds. The lowest BCUT2D eigenvalue weighted by Gasteiger charge is -2.07. The molecule has 0 saturated carbocycles. The molecule has 32 heavy (non-hydrogen) atoms. The predicted octanol–water partition coefficient (Wildman–Crippen LogP) is 2.90. The van der Waals surface area contributed by atoms with Crippen molar-refractivity contribution >= 4 is 29.0 Å². The summed E-state index contributed by atoms with van der Waals surface area (Å²) in [7, 11) is 0. The monoisotopic (exact) mass is 423 g/mol. The molecule has 0 aliphatic heterocycles. The van der Waals surface area contributed by atoms with Gasteiger partial charge in [0.1, 0.15) is 17.2 Å². The summed E-state index contributed by atoms with van der Waals surface area (Å²) in [6.07, 6.45) is 5.15. The Bertz CT molecular complexity index is 1420. The molecule has 3 aromatic heterocycles. The minimum Gasteiger partial charge on any atom is -0.370 e. The van der Waals surface area contributed by atoms with Gasteiger partial charge in [0.25, 0.3) is 5.91 Å². The number of aliphatic imine (C=N–C) groups is 1. The summed E-state index contributed by atoms with van der Waals surface area (Å²) in [5, 5.41) is 2.82. The number of nitrogens with two attached hydrogens (primary N) is 2. The minimum atomic E-state index is -0.247. The number of nitrogens with zero attached hydrogens (tertiary/aromatic N) is 4. The smallest absolute Gasteiger partial charge is 0.256 e. The highest BCUT2D eigenvalue weighted by molar-refractivity contribution is 6.04. The predicted molar refractivity (Wildman–Crippen MR) is 125 cm³/mol. The number of benzene rings is 1. The second-order valence-corrected chi connectivity index (χ2v) is 7.22. The van der Waals surface area contributed by atoms with E-state index < -0.39 is 0 Å². The van der Waals surface area contributed by atoms with E-state index in [1.54, 1.807) is 30.6 Å². The summed E-state index contributed by atoms with van der Waals surface area (Å²) < 4.78 is 1.81. The van der Waals surface area contributed by atoms with Gasteiger partial charge in [0, 0.05) is 23.5 Å². The van der Waals surface area contributed by atoms with Crippen LogP contribution in [0.15, 0.2) is 66.0 Å². The van der Waals surface area contributed by atoms with E-state index in [9.17, 15) is 4.79 Å². The molecule has 5 N–H and O–H groups in total. The van der Waals surface area contributed by atoms with Gasteiger partial charge in [-0.1, -0.05) is 12.0 Å². The fourth-order valence-corrected chi connectivity index (χ4v) is 3.14. The van der Waals surface area contributed by atoms with Gasteiger partial charge in [-0.15, -0.1) is 0 Å². The molecule has 1 aromatic carbocycles. The van der Waals surface area contributed by atoms with Crippen molar-refractivity contribution in [3.63, 3.8) is 0 Å². The number of guanidine groups is 1. The van der Waals surface area contributed by atoms with Gasteiger partial charge in [-0.05, 0) is 67.3 Å². The van der Waals surface area contributed by atoms with Crippen LogP contribution in [0.25, 0.3) is 5.65 Å². The Kier molecular flexibility index (Phi) is 5.55. The van der Waals surface area contributed by atoms with Crippen molar-refractivity contribution in [1.29, 1.82) is 0 Å². The molecule has 0 radical (unpaired) electrons. The molecule has 4 aromatic rings. The topological polar surface area (TPSA) is 124 Å². The first kappa shape index (κ1) is 20.6. The second kappa shape index (κ2) is 8.62. The average molecular weight is 423 g/mol. The molecule has 3 heterocycles. The summed E-state index contributed by atoms with van der Waals surface area (Å²) in [5.41, 5.74) is 16.0. The van der Waals surface area contributed by atoms with Crippen molar-refractivity contribution < 1.29 is 4.79 Å². The van der Waals surface area contributed by atoms with Crippen LogP contribution >= 0.6 is 0 Å². The van der Waals surface area contributed by atoms with Gasteiger partial charge in [-0.2, -0.15) is 0 Å². The molecule has 0 aliphatic carbocycles. The molecule has 8 nitrogen and oxygen atoms in total. The number of hydrogen-bond acceptors (Lipinski definition) is 4. The van der Waals surface area contributed by atoms with E-state index in [4.69, 9.17) is 11.5 Å². The van der Waals surface area contributed by atoms with E-state index in [2.05, 4.69) is 32.1 Å². The maximum absolute atomic E-state index is 12.7. The Hall–Kier alpha value is -4.64. The summed E-state index contributed by atoms with van der Waals surface area (Å²) >= 11 is 0. The Morgan fingerprint density at radius 1 is 1.09 bits per heavy atom. The molecule has 0 atom stereocenters. The molecular formula is C24H21N7O. The van der Waals surface area contributed by atoms with Crippen molar-refractivity contribution in [2.24, 2.45) is 16.5 Å². The van der Waals surface area contributed by atoms with Gasteiger partial charge in [0.05, 0.1) is 6.20 Å². The Morgan fingerprint density at radius 2 is 1.94 bits per heavy atom. The zero-order valence-electron chi connectivity index (χ0n) is 17.6. The van der Waals surface area contributed by atoms with E-state index in [-0.39, 0.29) is 11.9 Å². The summed E-state index contributed by atoms with van der Waals surface area (Å²) in [5.74, 6) is 6.48. The van der Waals surface area contributed by atoms with Crippen molar-refractivity contribution in [3.8, 4) is 11.8 Å². The molecule has 0 aliphatic rings. The first-order chi connectivity index (χ1) is 15.4. The normalized spacial score (nSPS) is 10.3. The first-order valence-electron chi connectivity index (χ1n) is 9.83. The summed E-state index contributed by atoms with van der Waals surface area (Å²) in [4.78, 5) is 25.3. The number of nitrogens with one attached hydrogen (secondary N) is 1. The van der Waals surface area contributed by atoms with Crippen LogP contribution in [0.2, 0.25) is 0 Å². The lowest BCUT2D eigenvalue weighted by atomic mass is 10.0. The lowest BCUT2D eigenvalue weighted by Crippen LogP contribution is -2.21. The minimum absolute atomic E-state index is 0.0414. The highest BCUT2D eigenvalue weighted by Gasteiger charge is 2.09. The largest absolute Gasteiger partial charge is 0.370 e. The zero-order valence-corrected chi connectivity index (χ0v) is 17.6. The van der Waals surface area contributed by atoms with Gasteiger partial charge in [-0.3, -0.25) is 9.20 Å². The first-order valence-corrected chi connectivity index (χ1v) is 9.83. The van der Waals surface area contributed by atoms with E-state index in [1.165, 1.54) is 0 Å².